The molecule has 0 bridgehead atoms. The van der Waals surface area contributed by atoms with E-state index in [4.69, 9.17) is 0 Å². The third kappa shape index (κ3) is 3.85. The Balaban J connectivity index is 1.63. The summed E-state index contributed by atoms with van der Waals surface area (Å²) in [5.41, 5.74) is 1.09. The Kier molecular flexibility index (Phi) is 4.32. The van der Waals surface area contributed by atoms with Crippen LogP contribution < -0.4 is 5.32 Å². The summed E-state index contributed by atoms with van der Waals surface area (Å²) in [5.74, 6) is 0. The maximum atomic E-state index is 4.38. The molecule has 1 aromatic rings. The molecule has 16 heavy (non-hydrogen) atoms. The number of rotatable bonds is 6. The second-order valence-corrected chi connectivity index (χ2v) is 5.15. The molecule has 0 saturated heterocycles. The summed E-state index contributed by atoms with van der Waals surface area (Å²) in [5, 5.41) is 3.42. The van der Waals surface area contributed by atoms with Gasteiger partial charge < -0.3 is 10.2 Å². The van der Waals surface area contributed by atoms with Crippen molar-refractivity contribution < 1.29 is 0 Å². The van der Waals surface area contributed by atoms with Crippen LogP contribution in [0.15, 0.2) is 22.8 Å². The van der Waals surface area contributed by atoms with Crippen LogP contribution in [0.5, 0.6) is 0 Å². The van der Waals surface area contributed by atoms with Crippen LogP contribution in [0.25, 0.3) is 0 Å². The average molecular weight is 284 g/mol. The summed E-state index contributed by atoms with van der Waals surface area (Å²) in [4.78, 5) is 6.81. The molecule has 1 fully saturated rings. The Morgan fingerprint density at radius 2 is 2.31 bits per heavy atom. The molecule has 0 spiro atoms. The van der Waals surface area contributed by atoms with Gasteiger partial charge in [-0.2, -0.15) is 0 Å². The lowest BCUT2D eigenvalue weighted by Gasteiger charge is -2.15. The lowest BCUT2D eigenvalue weighted by atomic mass is 10.3. The number of nitrogens with zero attached hydrogens (tertiary/aromatic N) is 2. The van der Waals surface area contributed by atoms with E-state index in [2.05, 4.69) is 38.2 Å². The van der Waals surface area contributed by atoms with Crippen LogP contribution in [-0.4, -0.2) is 36.1 Å². The van der Waals surface area contributed by atoms with Crippen molar-refractivity contribution in [3.8, 4) is 0 Å². The van der Waals surface area contributed by atoms with Gasteiger partial charge in [-0.1, -0.05) is 6.07 Å². The molecule has 0 radical (unpaired) electrons. The normalized spacial score (nSPS) is 15.7. The van der Waals surface area contributed by atoms with Gasteiger partial charge in [-0.25, -0.2) is 4.98 Å². The molecule has 0 aliphatic heterocycles. The van der Waals surface area contributed by atoms with E-state index in [-0.39, 0.29) is 0 Å². The van der Waals surface area contributed by atoms with Crippen LogP contribution in [0.4, 0.5) is 0 Å². The highest BCUT2D eigenvalue weighted by molar-refractivity contribution is 9.10. The summed E-state index contributed by atoms with van der Waals surface area (Å²) < 4.78 is 0.905. The highest BCUT2D eigenvalue weighted by Gasteiger charge is 2.25. The van der Waals surface area contributed by atoms with Gasteiger partial charge in [0, 0.05) is 25.7 Å². The van der Waals surface area contributed by atoms with E-state index in [1.807, 2.05) is 18.2 Å². The molecule has 1 aliphatic rings. The van der Waals surface area contributed by atoms with Gasteiger partial charge in [-0.05, 0) is 48.0 Å². The van der Waals surface area contributed by atoms with Crippen LogP contribution in [0.1, 0.15) is 18.5 Å². The fourth-order valence-corrected chi connectivity index (χ4v) is 2.10. The van der Waals surface area contributed by atoms with Crippen LogP contribution in [0.2, 0.25) is 0 Å². The SMILES string of the molecule is CN(CCNCc1cccc(Br)n1)C1CC1. The van der Waals surface area contributed by atoms with Crippen molar-refractivity contribution in [2.75, 3.05) is 20.1 Å². The van der Waals surface area contributed by atoms with Crippen molar-refractivity contribution in [2.24, 2.45) is 0 Å². The number of aromatic nitrogens is 1. The van der Waals surface area contributed by atoms with E-state index in [1.54, 1.807) is 0 Å². The molecule has 0 unspecified atom stereocenters. The Hall–Kier alpha value is -0.450. The maximum Gasteiger partial charge on any atom is 0.106 e. The summed E-state index contributed by atoms with van der Waals surface area (Å²) in [6.45, 7) is 3.00. The van der Waals surface area contributed by atoms with Gasteiger partial charge in [0.2, 0.25) is 0 Å². The Morgan fingerprint density at radius 1 is 1.50 bits per heavy atom. The molecule has 0 aromatic carbocycles. The van der Waals surface area contributed by atoms with E-state index in [1.165, 1.54) is 12.8 Å². The van der Waals surface area contributed by atoms with Crippen molar-refractivity contribution in [1.82, 2.24) is 15.2 Å². The van der Waals surface area contributed by atoms with Crippen LogP contribution in [0.3, 0.4) is 0 Å². The fourth-order valence-electron chi connectivity index (χ4n) is 1.72. The van der Waals surface area contributed by atoms with Crippen molar-refractivity contribution >= 4 is 15.9 Å². The van der Waals surface area contributed by atoms with Crippen molar-refractivity contribution in [3.05, 3.63) is 28.5 Å². The zero-order valence-electron chi connectivity index (χ0n) is 9.62. The monoisotopic (exact) mass is 283 g/mol. The molecule has 2 rings (SSSR count). The van der Waals surface area contributed by atoms with Gasteiger partial charge in [-0.3, -0.25) is 0 Å². The second-order valence-electron chi connectivity index (χ2n) is 4.34. The lowest BCUT2D eigenvalue weighted by molar-refractivity contribution is 0.321. The third-order valence-electron chi connectivity index (χ3n) is 2.89. The maximum absolute atomic E-state index is 4.38. The molecule has 1 heterocycles. The predicted octanol–water partition coefficient (Wildman–Crippen LogP) is 2.03. The first-order valence-electron chi connectivity index (χ1n) is 5.78. The van der Waals surface area contributed by atoms with Gasteiger partial charge in [0.25, 0.3) is 0 Å². The van der Waals surface area contributed by atoms with Crippen LogP contribution in [0, 0.1) is 0 Å². The van der Waals surface area contributed by atoms with Crippen molar-refractivity contribution in [2.45, 2.75) is 25.4 Å². The van der Waals surface area contributed by atoms with Gasteiger partial charge in [0.1, 0.15) is 4.60 Å². The largest absolute Gasteiger partial charge is 0.310 e. The number of pyridine rings is 1. The number of hydrogen-bond acceptors (Lipinski definition) is 3. The van der Waals surface area contributed by atoms with Crippen LogP contribution in [-0.2, 0) is 6.54 Å². The van der Waals surface area contributed by atoms with Gasteiger partial charge >= 0.3 is 0 Å². The smallest absolute Gasteiger partial charge is 0.106 e. The number of hydrogen-bond donors (Lipinski definition) is 1. The zero-order chi connectivity index (χ0) is 11.4. The topological polar surface area (TPSA) is 28.2 Å². The highest BCUT2D eigenvalue weighted by Crippen LogP contribution is 2.24. The molecule has 1 aliphatic carbocycles. The first-order valence-corrected chi connectivity index (χ1v) is 6.57. The molecule has 0 amide bonds. The third-order valence-corrected chi connectivity index (χ3v) is 3.33. The molecule has 1 saturated carbocycles. The zero-order valence-corrected chi connectivity index (χ0v) is 11.2. The standard InChI is InChI=1S/C12H18BrN3/c1-16(11-5-6-11)8-7-14-9-10-3-2-4-12(13)15-10/h2-4,11,14H,5-9H2,1H3. The molecular formula is C12H18BrN3. The molecule has 1 N–H and O–H groups in total. The molecule has 3 nitrogen and oxygen atoms in total. The van der Waals surface area contributed by atoms with E-state index in [9.17, 15) is 0 Å². The highest BCUT2D eigenvalue weighted by atomic mass is 79.9. The second kappa shape index (κ2) is 5.75. The Bertz CT molecular complexity index is 339. The first kappa shape index (κ1) is 12.0. The minimum absolute atomic E-state index is 0.845. The number of nitrogens with one attached hydrogen (secondary N) is 1. The van der Waals surface area contributed by atoms with Gasteiger partial charge in [0.05, 0.1) is 5.69 Å². The summed E-state index contributed by atoms with van der Waals surface area (Å²) in [6.07, 6.45) is 2.76. The molecule has 0 atom stereocenters. The number of likely N-dealkylation sites (N-methyl/N-ethyl adjacent to an activating group) is 1. The van der Waals surface area contributed by atoms with Crippen molar-refractivity contribution in [1.29, 1.82) is 0 Å². The predicted molar refractivity (Wildman–Crippen MR) is 69.3 cm³/mol. The Labute approximate surface area is 105 Å². The summed E-state index contributed by atoms with van der Waals surface area (Å²) in [7, 11) is 2.21. The first-order chi connectivity index (χ1) is 7.75. The van der Waals surface area contributed by atoms with E-state index >= 15 is 0 Å². The fraction of sp³-hybridized carbons (Fsp3) is 0.583. The Morgan fingerprint density at radius 3 is 3.00 bits per heavy atom. The van der Waals surface area contributed by atoms with Crippen LogP contribution >= 0.6 is 15.9 Å². The quantitative estimate of drug-likeness (QED) is 0.640. The number of halogens is 1. The van der Waals surface area contributed by atoms with E-state index < -0.39 is 0 Å². The summed E-state index contributed by atoms with van der Waals surface area (Å²) >= 11 is 3.37. The molecule has 88 valence electrons. The molecule has 1 aromatic heterocycles. The van der Waals surface area contributed by atoms with E-state index in [0.717, 1.165) is 36.0 Å². The van der Waals surface area contributed by atoms with Crippen molar-refractivity contribution in [3.63, 3.8) is 0 Å². The average Bonchev–Trinajstić information content (AvgIpc) is 3.08. The minimum Gasteiger partial charge on any atom is -0.310 e. The van der Waals surface area contributed by atoms with Gasteiger partial charge in [0.15, 0.2) is 0 Å². The summed E-state index contributed by atoms with van der Waals surface area (Å²) in [6, 6.07) is 6.86. The molecule has 4 heteroatoms. The lowest BCUT2D eigenvalue weighted by Crippen LogP contribution is -2.30. The van der Waals surface area contributed by atoms with E-state index in [0.29, 0.717) is 0 Å². The molecular weight excluding hydrogens is 266 g/mol. The van der Waals surface area contributed by atoms with Gasteiger partial charge in [-0.15, -0.1) is 0 Å². The minimum atomic E-state index is 0.845.